The normalized spacial score (nSPS) is 14.1. The Bertz CT molecular complexity index is 236. The largest absolute Gasteiger partial charge is 0.347 e. The third-order valence-electron chi connectivity index (χ3n) is 2.60. The molecule has 0 radical (unpaired) electrons. The second kappa shape index (κ2) is 9.96. The van der Waals surface area contributed by atoms with Gasteiger partial charge in [0, 0.05) is 0 Å². The van der Waals surface area contributed by atoms with Crippen molar-refractivity contribution in [2.24, 2.45) is 5.92 Å². The quantitative estimate of drug-likeness (QED) is 0.458. The van der Waals surface area contributed by atoms with Crippen LogP contribution in [0.4, 0.5) is 0 Å². The smallest absolute Gasteiger partial charge is 0.308 e. The Balaban J connectivity index is 4.68. The molecule has 4 nitrogen and oxygen atoms in total. The predicted molar refractivity (Wildman–Crippen MR) is 77.0 cm³/mol. The number of hydrogen-bond donors (Lipinski definition) is 1. The summed E-state index contributed by atoms with van der Waals surface area (Å²) in [4.78, 5) is 0. The van der Waals surface area contributed by atoms with Crippen LogP contribution in [-0.2, 0) is 13.6 Å². The average molecular weight is 279 g/mol. The van der Waals surface area contributed by atoms with E-state index in [1.165, 1.54) is 0 Å². The fourth-order valence-corrected chi connectivity index (χ4v) is 3.98. The van der Waals surface area contributed by atoms with Crippen molar-refractivity contribution in [3.63, 3.8) is 0 Å². The molecule has 0 rings (SSSR count). The fraction of sp³-hybridized carbons (Fsp3) is 1.00. The molecule has 0 saturated heterocycles. The lowest BCUT2D eigenvalue weighted by Crippen LogP contribution is -2.32. The zero-order chi connectivity index (χ0) is 14.0. The molecule has 0 fully saturated rings. The molecular weight excluding hydrogens is 249 g/mol. The summed E-state index contributed by atoms with van der Waals surface area (Å²) in [5, 5.41) is 3.35. The maximum absolute atomic E-state index is 12.7. The molecule has 0 spiro atoms. The molecule has 0 aliphatic heterocycles. The zero-order valence-corrected chi connectivity index (χ0v) is 13.5. The number of nitrogens with one attached hydrogen (secondary N) is 1. The van der Waals surface area contributed by atoms with Gasteiger partial charge in [-0.3, -0.25) is 4.57 Å². The summed E-state index contributed by atoms with van der Waals surface area (Å²) in [6.07, 6.45) is 3.00. The SMILES string of the molecule is CCCCNC(CC(C)C)P(=O)(OCC)OCC. The van der Waals surface area contributed by atoms with E-state index in [4.69, 9.17) is 9.05 Å². The first-order valence-corrected chi connectivity index (χ1v) is 8.73. The molecule has 0 aromatic rings. The summed E-state index contributed by atoms with van der Waals surface area (Å²) in [5.41, 5.74) is 0. The highest BCUT2D eigenvalue weighted by Crippen LogP contribution is 2.53. The van der Waals surface area contributed by atoms with Crippen LogP contribution < -0.4 is 5.32 Å². The minimum Gasteiger partial charge on any atom is -0.308 e. The van der Waals surface area contributed by atoms with Gasteiger partial charge in [-0.15, -0.1) is 0 Å². The molecule has 18 heavy (non-hydrogen) atoms. The molecule has 1 N–H and O–H groups in total. The summed E-state index contributed by atoms with van der Waals surface area (Å²) < 4.78 is 23.6. The highest BCUT2D eigenvalue weighted by Gasteiger charge is 2.35. The van der Waals surface area contributed by atoms with Gasteiger partial charge < -0.3 is 14.4 Å². The molecule has 1 unspecified atom stereocenters. The molecule has 110 valence electrons. The Labute approximate surface area is 112 Å². The van der Waals surface area contributed by atoms with Gasteiger partial charge in [0.05, 0.1) is 13.2 Å². The Morgan fingerprint density at radius 2 is 1.67 bits per heavy atom. The highest BCUT2D eigenvalue weighted by atomic mass is 31.2. The lowest BCUT2D eigenvalue weighted by molar-refractivity contribution is 0.203. The Kier molecular flexibility index (Phi) is 10.0. The molecule has 0 aromatic heterocycles. The van der Waals surface area contributed by atoms with Crippen LogP contribution in [0.25, 0.3) is 0 Å². The fourth-order valence-electron chi connectivity index (χ4n) is 1.79. The third-order valence-corrected chi connectivity index (χ3v) is 5.00. The second-order valence-corrected chi connectivity index (χ2v) is 7.05. The zero-order valence-electron chi connectivity index (χ0n) is 12.6. The van der Waals surface area contributed by atoms with Crippen LogP contribution in [0, 0.1) is 5.92 Å². The molecule has 0 heterocycles. The molecule has 0 saturated carbocycles. The number of hydrogen-bond acceptors (Lipinski definition) is 4. The van der Waals surface area contributed by atoms with Crippen molar-refractivity contribution >= 4 is 7.60 Å². The van der Waals surface area contributed by atoms with Gasteiger partial charge in [-0.1, -0.05) is 27.2 Å². The number of rotatable bonds is 11. The van der Waals surface area contributed by atoms with Gasteiger partial charge in [0.25, 0.3) is 0 Å². The molecule has 0 amide bonds. The van der Waals surface area contributed by atoms with Crippen LogP contribution in [0.2, 0.25) is 0 Å². The van der Waals surface area contributed by atoms with Crippen molar-refractivity contribution in [2.45, 2.75) is 59.7 Å². The summed E-state index contributed by atoms with van der Waals surface area (Å²) in [6.45, 7) is 11.8. The average Bonchev–Trinajstić information content (AvgIpc) is 2.28. The first kappa shape index (κ1) is 18.1. The van der Waals surface area contributed by atoms with E-state index >= 15 is 0 Å². The van der Waals surface area contributed by atoms with E-state index in [2.05, 4.69) is 26.1 Å². The molecule has 5 heteroatoms. The third kappa shape index (κ3) is 6.89. The van der Waals surface area contributed by atoms with Crippen LogP contribution >= 0.6 is 7.60 Å². The van der Waals surface area contributed by atoms with Crippen LogP contribution in [0.1, 0.15) is 53.9 Å². The maximum Gasteiger partial charge on any atom is 0.347 e. The van der Waals surface area contributed by atoms with Gasteiger partial charge in [-0.05, 0) is 39.2 Å². The maximum atomic E-state index is 12.7. The first-order valence-electron chi connectivity index (χ1n) is 7.12. The van der Waals surface area contributed by atoms with Crippen LogP contribution in [0.15, 0.2) is 0 Å². The molecule has 0 aromatic carbocycles. The lowest BCUT2D eigenvalue weighted by Gasteiger charge is -2.28. The van der Waals surface area contributed by atoms with Crippen molar-refractivity contribution in [3.8, 4) is 0 Å². The van der Waals surface area contributed by atoms with Crippen LogP contribution in [0.5, 0.6) is 0 Å². The van der Waals surface area contributed by atoms with E-state index in [1.54, 1.807) is 0 Å². The number of unbranched alkanes of at least 4 members (excludes halogenated alkanes) is 1. The monoisotopic (exact) mass is 279 g/mol. The van der Waals surface area contributed by atoms with Gasteiger partial charge in [0.2, 0.25) is 0 Å². The molecular formula is C13H30NO3P. The van der Waals surface area contributed by atoms with Gasteiger partial charge in [-0.2, -0.15) is 0 Å². The van der Waals surface area contributed by atoms with Crippen molar-refractivity contribution < 1.29 is 13.6 Å². The van der Waals surface area contributed by atoms with Crippen molar-refractivity contribution in [1.29, 1.82) is 0 Å². The summed E-state index contributed by atoms with van der Waals surface area (Å²) in [5.74, 6) is 0.266. The second-order valence-electron chi connectivity index (χ2n) is 4.83. The van der Waals surface area contributed by atoms with E-state index in [1.807, 2.05) is 13.8 Å². The molecule has 0 aliphatic carbocycles. The summed E-state index contributed by atoms with van der Waals surface area (Å²) in [6, 6.07) is 0. The highest BCUT2D eigenvalue weighted by molar-refractivity contribution is 7.54. The summed E-state index contributed by atoms with van der Waals surface area (Å²) >= 11 is 0. The van der Waals surface area contributed by atoms with Crippen molar-refractivity contribution in [1.82, 2.24) is 5.32 Å². The standard InChI is InChI=1S/C13H30NO3P/c1-6-9-10-14-13(11-12(4)5)18(15,16-7-2)17-8-3/h12-14H,6-11H2,1-5H3. The van der Waals surface area contributed by atoms with Crippen LogP contribution in [-0.4, -0.2) is 25.5 Å². The molecule has 0 bridgehead atoms. The van der Waals surface area contributed by atoms with Crippen molar-refractivity contribution in [3.05, 3.63) is 0 Å². The summed E-state index contributed by atoms with van der Waals surface area (Å²) in [7, 11) is -3.03. The van der Waals surface area contributed by atoms with E-state index in [0.717, 1.165) is 25.8 Å². The van der Waals surface area contributed by atoms with E-state index in [9.17, 15) is 4.57 Å². The van der Waals surface area contributed by atoms with Gasteiger partial charge in [0.15, 0.2) is 0 Å². The minimum absolute atomic E-state index is 0.191. The Hall–Kier alpha value is 0.110. The Morgan fingerprint density at radius 3 is 2.06 bits per heavy atom. The van der Waals surface area contributed by atoms with Gasteiger partial charge in [0.1, 0.15) is 5.78 Å². The molecule has 0 aliphatic rings. The van der Waals surface area contributed by atoms with Gasteiger partial charge >= 0.3 is 7.60 Å². The van der Waals surface area contributed by atoms with Gasteiger partial charge in [-0.25, -0.2) is 0 Å². The van der Waals surface area contributed by atoms with E-state index in [0.29, 0.717) is 19.1 Å². The molecule has 1 atom stereocenters. The minimum atomic E-state index is -3.03. The lowest BCUT2D eigenvalue weighted by atomic mass is 10.1. The van der Waals surface area contributed by atoms with E-state index in [-0.39, 0.29) is 5.78 Å². The van der Waals surface area contributed by atoms with E-state index < -0.39 is 7.60 Å². The first-order chi connectivity index (χ1) is 8.50. The Morgan fingerprint density at radius 1 is 1.11 bits per heavy atom. The van der Waals surface area contributed by atoms with Crippen molar-refractivity contribution in [2.75, 3.05) is 19.8 Å². The predicted octanol–water partition coefficient (Wildman–Crippen LogP) is 4.01. The van der Waals surface area contributed by atoms with Crippen LogP contribution in [0.3, 0.4) is 0 Å². The topological polar surface area (TPSA) is 47.6 Å².